The Kier molecular flexibility index (Phi) is 5.21. The lowest BCUT2D eigenvalue weighted by atomic mass is 10.3. The summed E-state index contributed by atoms with van der Waals surface area (Å²) in [6.45, 7) is 2.46. The molecule has 1 aromatic heterocycles. The molecule has 9 nitrogen and oxygen atoms in total. The SMILES string of the molecule is CS(=O)(=O)Nc1cccc(NC(=O)N2CCN(c3cnccn3)CC2)c1. The predicted molar refractivity (Wildman–Crippen MR) is 99.7 cm³/mol. The minimum Gasteiger partial charge on any atom is -0.352 e. The molecule has 0 saturated carbocycles. The van der Waals surface area contributed by atoms with Crippen molar-refractivity contribution in [3.8, 4) is 0 Å². The second-order valence-electron chi connectivity index (χ2n) is 5.92. The second-order valence-corrected chi connectivity index (χ2v) is 7.67. The Morgan fingerprint density at radius 2 is 1.85 bits per heavy atom. The summed E-state index contributed by atoms with van der Waals surface area (Å²) in [4.78, 5) is 24.6. The summed E-state index contributed by atoms with van der Waals surface area (Å²) in [6.07, 6.45) is 6.05. The van der Waals surface area contributed by atoms with Crippen molar-refractivity contribution >= 4 is 33.2 Å². The van der Waals surface area contributed by atoms with E-state index in [-0.39, 0.29) is 6.03 Å². The number of nitrogens with one attached hydrogen (secondary N) is 2. The molecule has 1 aliphatic heterocycles. The molecular formula is C16H20N6O3S. The van der Waals surface area contributed by atoms with Gasteiger partial charge in [-0.05, 0) is 18.2 Å². The Morgan fingerprint density at radius 3 is 2.50 bits per heavy atom. The highest BCUT2D eigenvalue weighted by atomic mass is 32.2. The van der Waals surface area contributed by atoms with Gasteiger partial charge >= 0.3 is 6.03 Å². The topological polar surface area (TPSA) is 108 Å². The van der Waals surface area contributed by atoms with Gasteiger partial charge in [0.2, 0.25) is 10.0 Å². The van der Waals surface area contributed by atoms with Crippen LogP contribution in [0.25, 0.3) is 0 Å². The third-order valence-corrected chi connectivity index (χ3v) is 4.46. The van der Waals surface area contributed by atoms with Crippen molar-refractivity contribution in [1.82, 2.24) is 14.9 Å². The number of urea groups is 1. The molecule has 2 N–H and O–H groups in total. The van der Waals surface area contributed by atoms with Crippen molar-refractivity contribution in [2.45, 2.75) is 0 Å². The number of aromatic nitrogens is 2. The Morgan fingerprint density at radius 1 is 1.12 bits per heavy atom. The van der Waals surface area contributed by atoms with Crippen molar-refractivity contribution in [3.05, 3.63) is 42.9 Å². The van der Waals surface area contributed by atoms with Crippen molar-refractivity contribution in [3.63, 3.8) is 0 Å². The van der Waals surface area contributed by atoms with Crippen LogP contribution < -0.4 is 14.9 Å². The van der Waals surface area contributed by atoms with Crippen molar-refractivity contribution in [1.29, 1.82) is 0 Å². The quantitative estimate of drug-likeness (QED) is 0.830. The molecule has 1 aromatic carbocycles. The summed E-state index contributed by atoms with van der Waals surface area (Å²) < 4.78 is 25.0. The lowest BCUT2D eigenvalue weighted by Gasteiger charge is -2.35. The molecule has 0 atom stereocenters. The van der Waals surface area contributed by atoms with Gasteiger partial charge in [0.25, 0.3) is 0 Å². The molecule has 1 saturated heterocycles. The summed E-state index contributed by atoms with van der Waals surface area (Å²) in [7, 11) is -3.37. The first kappa shape index (κ1) is 17.9. The van der Waals surface area contributed by atoms with Crippen LogP contribution in [0.15, 0.2) is 42.9 Å². The number of nitrogens with zero attached hydrogens (tertiary/aromatic N) is 4. The van der Waals surface area contributed by atoms with Crippen LogP contribution in [0, 0.1) is 0 Å². The van der Waals surface area contributed by atoms with Crippen LogP contribution in [-0.4, -0.2) is 61.8 Å². The highest BCUT2D eigenvalue weighted by Crippen LogP contribution is 2.17. The summed E-state index contributed by atoms with van der Waals surface area (Å²) >= 11 is 0. The monoisotopic (exact) mass is 376 g/mol. The first-order valence-corrected chi connectivity index (χ1v) is 9.94. The zero-order valence-corrected chi connectivity index (χ0v) is 15.1. The summed E-state index contributed by atoms with van der Waals surface area (Å²) in [5, 5.41) is 2.80. The van der Waals surface area contributed by atoms with Gasteiger partial charge in [-0.2, -0.15) is 0 Å². The van der Waals surface area contributed by atoms with Gasteiger partial charge in [0.15, 0.2) is 0 Å². The molecule has 1 aliphatic rings. The lowest BCUT2D eigenvalue weighted by molar-refractivity contribution is 0.208. The number of sulfonamides is 1. The van der Waals surface area contributed by atoms with E-state index in [1.54, 1.807) is 47.8 Å². The first-order chi connectivity index (χ1) is 12.4. The normalized spacial score (nSPS) is 14.8. The van der Waals surface area contributed by atoms with Gasteiger partial charge in [0, 0.05) is 44.3 Å². The van der Waals surface area contributed by atoms with Gasteiger partial charge in [0.05, 0.1) is 18.1 Å². The van der Waals surface area contributed by atoms with Crippen LogP contribution in [0.3, 0.4) is 0 Å². The van der Waals surface area contributed by atoms with E-state index in [2.05, 4.69) is 24.9 Å². The molecule has 26 heavy (non-hydrogen) atoms. The number of hydrogen-bond acceptors (Lipinski definition) is 6. The second kappa shape index (κ2) is 7.56. The van der Waals surface area contributed by atoms with Gasteiger partial charge in [-0.25, -0.2) is 18.2 Å². The molecular weight excluding hydrogens is 356 g/mol. The summed E-state index contributed by atoms with van der Waals surface area (Å²) in [6, 6.07) is 6.36. The number of benzene rings is 1. The minimum atomic E-state index is -3.37. The molecule has 2 amide bonds. The van der Waals surface area contributed by atoms with Crippen LogP contribution >= 0.6 is 0 Å². The number of piperazine rings is 1. The third-order valence-electron chi connectivity index (χ3n) is 3.86. The van der Waals surface area contributed by atoms with Crippen LogP contribution in [0.1, 0.15) is 0 Å². The third kappa shape index (κ3) is 4.82. The number of anilines is 3. The van der Waals surface area contributed by atoms with E-state index in [4.69, 9.17) is 0 Å². The fourth-order valence-electron chi connectivity index (χ4n) is 2.67. The molecule has 0 aliphatic carbocycles. The molecule has 0 spiro atoms. The molecule has 0 bridgehead atoms. The largest absolute Gasteiger partial charge is 0.352 e. The first-order valence-electron chi connectivity index (χ1n) is 8.05. The molecule has 10 heteroatoms. The Labute approximate surface area is 152 Å². The van der Waals surface area contributed by atoms with Crippen LogP contribution in [0.2, 0.25) is 0 Å². The van der Waals surface area contributed by atoms with E-state index in [1.165, 1.54) is 0 Å². The maximum atomic E-state index is 12.4. The van der Waals surface area contributed by atoms with Gasteiger partial charge in [-0.3, -0.25) is 9.71 Å². The highest BCUT2D eigenvalue weighted by Gasteiger charge is 2.22. The van der Waals surface area contributed by atoms with Gasteiger partial charge in [-0.1, -0.05) is 6.07 Å². The van der Waals surface area contributed by atoms with E-state index in [1.807, 2.05) is 0 Å². The van der Waals surface area contributed by atoms with Crippen molar-refractivity contribution < 1.29 is 13.2 Å². The fraction of sp³-hybridized carbons (Fsp3) is 0.312. The average molecular weight is 376 g/mol. The molecule has 2 heterocycles. The Bertz CT molecular complexity index is 867. The summed E-state index contributed by atoms with van der Waals surface area (Å²) in [5.41, 5.74) is 0.928. The molecule has 0 radical (unpaired) electrons. The number of hydrogen-bond donors (Lipinski definition) is 2. The van der Waals surface area contributed by atoms with E-state index < -0.39 is 10.0 Å². The Hall–Kier alpha value is -2.88. The zero-order valence-electron chi connectivity index (χ0n) is 14.3. The van der Waals surface area contributed by atoms with Crippen molar-refractivity contribution in [2.24, 2.45) is 0 Å². The fourth-order valence-corrected chi connectivity index (χ4v) is 3.23. The molecule has 1 fully saturated rings. The highest BCUT2D eigenvalue weighted by molar-refractivity contribution is 7.92. The van der Waals surface area contributed by atoms with Gasteiger partial charge < -0.3 is 15.1 Å². The maximum Gasteiger partial charge on any atom is 0.321 e. The molecule has 3 rings (SSSR count). The maximum absolute atomic E-state index is 12.4. The van der Waals surface area contributed by atoms with Gasteiger partial charge in [0.1, 0.15) is 5.82 Å². The summed E-state index contributed by atoms with van der Waals surface area (Å²) in [5.74, 6) is 0.798. The van der Waals surface area contributed by atoms with Crippen LogP contribution in [0.5, 0.6) is 0 Å². The zero-order chi connectivity index (χ0) is 18.6. The van der Waals surface area contributed by atoms with Crippen LogP contribution in [0.4, 0.5) is 22.0 Å². The van der Waals surface area contributed by atoms with E-state index in [9.17, 15) is 13.2 Å². The van der Waals surface area contributed by atoms with E-state index in [0.717, 1.165) is 12.1 Å². The molecule has 0 unspecified atom stereocenters. The Balaban J connectivity index is 1.57. The van der Waals surface area contributed by atoms with E-state index >= 15 is 0 Å². The predicted octanol–water partition coefficient (Wildman–Crippen LogP) is 1.20. The van der Waals surface area contributed by atoms with Crippen molar-refractivity contribution in [2.75, 3.05) is 47.4 Å². The number of carbonyl (C=O) groups is 1. The number of rotatable bonds is 4. The van der Waals surface area contributed by atoms with Crippen LogP contribution in [-0.2, 0) is 10.0 Å². The molecule has 2 aromatic rings. The van der Waals surface area contributed by atoms with Gasteiger partial charge in [-0.15, -0.1) is 0 Å². The minimum absolute atomic E-state index is 0.222. The average Bonchev–Trinajstić information content (AvgIpc) is 2.61. The van der Waals surface area contributed by atoms with E-state index in [0.29, 0.717) is 37.6 Å². The smallest absolute Gasteiger partial charge is 0.321 e. The number of carbonyl (C=O) groups excluding carboxylic acids is 1. The molecule has 138 valence electrons. The lowest BCUT2D eigenvalue weighted by Crippen LogP contribution is -2.50. The number of amides is 2. The standard InChI is InChI=1S/C16H20N6O3S/c1-26(24,25)20-14-4-2-3-13(11-14)19-16(23)22-9-7-21(8-10-22)15-12-17-5-6-18-15/h2-6,11-12,20H,7-10H2,1H3,(H,19,23).